The van der Waals surface area contributed by atoms with Gasteiger partial charge in [-0.05, 0) is 23.7 Å². The predicted molar refractivity (Wildman–Crippen MR) is 51.5 cm³/mol. The van der Waals surface area contributed by atoms with Crippen LogP contribution in [0, 0.1) is 0 Å². The Kier molecular flexibility index (Phi) is 2.11. The minimum atomic E-state index is -3.40. The van der Waals surface area contributed by atoms with E-state index in [-0.39, 0.29) is 0 Å². The zero-order valence-electron chi connectivity index (χ0n) is 7.05. The summed E-state index contributed by atoms with van der Waals surface area (Å²) in [5, 5.41) is -2.58. The van der Waals surface area contributed by atoms with Crippen LogP contribution in [0.3, 0.4) is 0 Å². The van der Waals surface area contributed by atoms with E-state index in [1.54, 1.807) is 24.3 Å². The van der Waals surface area contributed by atoms with E-state index in [1.165, 1.54) is 6.07 Å². The molecule has 0 saturated heterocycles. The SMILES string of the molecule is FC(F)(Cl)c1ccc2ccccc2n1. The lowest BCUT2D eigenvalue weighted by molar-refractivity contribution is 0.0904. The molecule has 0 aliphatic carbocycles. The molecule has 0 unspecified atom stereocenters. The lowest BCUT2D eigenvalue weighted by Gasteiger charge is -2.07. The number of hydrogen-bond donors (Lipinski definition) is 0. The van der Waals surface area contributed by atoms with Crippen LogP contribution >= 0.6 is 11.6 Å². The molecule has 0 saturated carbocycles. The summed E-state index contributed by atoms with van der Waals surface area (Å²) in [4.78, 5) is 3.76. The molecule has 0 bridgehead atoms. The molecule has 2 rings (SSSR count). The Morgan fingerprint density at radius 1 is 1.07 bits per heavy atom. The molecule has 0 radical (unpaired) electrons. The highest BCUT2D eigenvalue weighted by Gasteiger charge is 2.29. The Balaban J connectivity index is 2.63. The van der Waals surface area contributed by atoms with Gasteiger partial charge >= 0.3 is 5.38 Å². The van der Waals surface area contributed by atoms with Gasteiger partial charge in [0.2, 0.25) is 0 Å². The number of aromatic nitrogens is 1. The number of para-hydroxylation sites is 1. The molecule has 1 aromatic carbocycles. The molecule has 0 N–H and O–H groups in total. The van der Waals surface area contributed by atoms with Crippen molar-refractivity contribution in [3.8, 4) is 0 Å². The Bertz CT molecular complexity index is 465. The Morgan fingerprint density at radius 3 is 2.50 bits per heavy atom. The second-order valence-electron chi connectivity index (χ2n) is 2.89. The molecular formula is C10H6ClF2N. The average molecular weight is 214 g/mol. The number of halogens is 3. The van der Waals surface area contributed by atoms with Gasteiger partial charge in [0.15, 0.2) is 0 Å². The van der Waals surface area contributed by atoms with Gasteiger partial charge in [-0.2, -0.15) is 8.78 Å². The van der Waals surface area contributed by atoms with E-state index in [0.29, 0.717) is 5.52 Å². The van der Waals surface area contributed by atoms with Gasteiger partial charge in [0.1, 0.15) is 5.69 Å². The van der Waals surface area contributed by atoms with Crippen molar-refractivity contribution in [1.82, 2.24) is 4.98 Å². The highest BCUT2D eigenvalue weighted by molar-refractivity contribution is 6.21. The minimum Gasteiger partial charge on any atom is -0.245 e. The molecule has 0 aliphatic rings. The summed E-state index contributed by atoms with van der Waals surface area (Å²) in [6, 6.07) is 9.84. The molecule has 0 aliphatic heterocycles. The monoisotopic (exact) mass is 213 g/mol. The maximum atomic E-state index is 12.7. The van der Waals surface area contributed by atoms with E-state index >= 15 is 0 Å². The average Bonchev–Trinajstić information content (AvgIpc) is 2.16. The fraction of sp³-hybridized carbons (Fsp3) is 0.100. The van der Waals surface area contributed by atoms with Crippen molar-refractivity contribution >= 4 is 22.5 Å². The van der Waals surface area contributed by atoms with Crippen LogP contribution in [0.2, 0.25) is 0 Å². The second kappa shape index (κ2) is 3.17. The van der Waals surface area contributed by atoms with Gasteiger partial charge in [-0.1, -0.05) is 24.3 Å². The fourth-order valence-electron chi connectivity index (χ4n) is 1.22. The van der Waals surface area contributed by atoms with E-state index in [4.69, 9.17) is 11.6 Å². The van der Waals surface area contributed by atoms with E-state index in [2.05, 4.69) is 4.98 Å². The summed E-state index contributed by atoms with van der Waals surface area (Å²) in [5.41, 5.74) is 0.100. The number of hydrogen-bond acceptors (Lipinski definition) is 1. The summed E-state index contributed by atoms with van der Waals surface area (Å²) in [7, 11) is 0. The van der Waals surface area contributed by atoms with Crippen molar-refractivity contribution in [2.24, 2.45) is 0 Å². The molecule has 72 valence electrons. The van der Waals surface area contributed by atoms with Crippen LogP contribution in [0.1, 0.15) is 5.69 Å². The molecule has 14 heavy (non-hydrogen) atoms. The summed E-state index contributed by atoms with van der Waals surface area (Å²) in [5.74, 6) is 0. The number of pyridine rings is 1. The Hall–Kier alpha value is -1.22. The third kappa shape index (κ3) is 1.68. The van der Waals surface area contributed by atoms with Crippen molar-refractivity contribution in [2.45, 2.75) is 5.38 Å². The molecule has 1 nitrogen and oxygen atoms in total. The van der Waals surface area contributed by atoms with Gasteiger partial charge in [0.05, 0.1) is 5.52 Å². The smallest absolute Gasteiger partial charge is 0.245 e. The Labute approximate surface area is 84.3 Å². The van der Waals surface area contributed by atoms with Gasteiger partial charge in [0.25, 0.3) is 0 Å². The molecule has 0 fully saturated rings. The first-order valence-corrected chi connectivity index (χ1v) is 4.38. The molecule has 1 aromatic heterocycles. The van der Waals surface area contributed by atoms with Crippen molar-refractivity contribution < 1.29 is 8.78 Å². The minimum absolute atomic E-state index is 0.419. The molecule has 0 amide bonds. The summed E-state index contributed by atoms with van der Waals surface area (Å²) in [6.45, 7) is 0. The van der Waals surface area contributed by atoms with Crippen molar-refractivity contribution in [3.05, 3.63) is 42.1 Å². The first kappa shape index (κ1) is 9.34. The molecule has 1 heterocycles. The van der Waals surface area contributed by atoms with E-state index in [1.807, 2.05) is 6.07 Å². The number of fused-ring (bicyclic) bond motifs is 1. The van der Waals surface area contributed by atoms with Crippen LogP contribution < -0.4 is 0 Å². The molecular weight excluding hydrogens is 208 g/mol. The lowest BCUT2D eigenvalue weighted by atomic mass is 10.2. The normalized spacial score (nSPS) is 11.9. The van der Waals surface area contributed by atoms with E-state index < -0.39 is 11.1 Å². The number of rotatable bonds is 1. The highest BCUT2D eigenvalue weighted by Crippen LogP contribution is 2.31. The zero-order valence-corrected chi connectivity index (χ0v) is 7.80. The zero-order chi connectivity index (χ0) is 10.2. The highest BCUT2D eigenvalue weighted by atomic mass is 35.5. The number of alkyl halides is 3. The van der Waals surface area contributed by atoms with Gasteiger partial charge in [-0.3, -0.25) is 0 Å². The first-order chi connectivity index (χ1) is 6.57. The molecule has 0 spiro atoms. The largest absolute Gasteiger partial charge is 0.364 e. The third-order valence-electron chi connectivity index (χ3n) is 1.89. The second-order valence-corrected chi connectivity index (χ2v) is 3.36. The van der Waals surface area contributed by atoms with Crippen molar-refractivity contribution in [3.63, 3.8) is 0 Å². The van der Waals surface area contributed by atoms with Crippen molar-refractivity contribution in [1.29, 1.82) is 0 Å². The van der Waals surface area contributed by atoms with Crippen molar-refractivity contribution in [2.75, 3.05) is 0 Å². The van der Waals surface area contributed by atoms with Crippen LogP contribution in [0.15, 0.2) is 36.4 Å². The fourth-order valence-corrected chi connectivity index (χ4v) is 1.33. The summed E-state index contributed by atoms with van der Waals surface area (Å²) >= 11 is 4.86. The molecule has 4 heteroatoms. The van der Waals surface area contributed by atoms with Crippen LogP contribution in [0.25, 0.3) is 10.9 Å². The van der Waals surface area contributed by atoms with Gasteiger partial charge in [0, 0.05) is 5.39 Å². The van der Waals surface area contributed by atoms with Gasteiger partial charge in [-0.15, -0.1) is 0 Å². The maximum Gasteiger partial charge on any atom is 0.364 e. The summed E-state index contributed by atoms with van der Waals surface area (Å²) < 4.78 is 25.4. The first-order valence-electron chi connectivity index (χ1n) is 4.00. The quantitative estimate of drug-likeness (QED) is 0.661. The van der Waals surface area contributed by atoms with Crippen LogP contribution in [-0.4, -0.2) is 4.98 Å². The number of nitrogens with zero attached hydrogens (tertiary/aromatic N) is 1. The predicted octanol–water partition coefficient (Wildman–Crippen LogP) is 3.52. The van der Waals surface area contributed by atoms with E-state index in [9.17, 15) is 8.78 Å². The standard InChI is InChI=1S/C10H6ClF2N/c11-10(12,13)9-6-5-7-3-1-2-4-8(7)14-9/h1-6H. The molecule has 2 aromatic rings. The van der Waals surface area contributed by atoms with E-state index in [0.717, 1.165) is 5.39 Å². The van der Waals surface area contributed by atoms with Crippen LogP contribution in [0.5, 0.6) is 0 Å². The topological polar surface area (TPSA) is 12.9 Å². The van der Waals surface area contributed by atoms with Crippen LogP contribution in [0.4, 0.5) is 8.78 Å². The molecule has 0 atom stereocenters. The summed E-state index contributed by atoms with van der Waals surface area (Å²) in [6.07, 6.45) is 0. The third-order valence-corrected chi connectivity index (χ3v) is 2.08. The van der Waals surface area contributed by atoms with Crippen LogP contribution in [-0.2, 0) is 5.38 Å². The van der Waals surface area contributed by atoms with Gasteiger partial charge in [-0.25, -0.2) is 4.98 Å². The Morgan fingerprint density at radius 2 is 1.79 bits per heavy atom. The number of benzene rings is 1. The lowest BCUT2D eigenvalue weighted by Crippen LogP contribution is -2.05. The maximum absolute atomic E-state index is 12.7. The van der Waals surface area contributed by atoms with Gasteiger partial charge < -0.3 is 0 Å².